The summed E-state index contributed by atoms with van der Waals surface area (Å²) in [5, 5.41) is 7.34. The van der Waals surface area contributed by atoms with Crippen LogP contribution in [0.15, 0.2) is 24.3 Å². The molecule has 1 aliphatic rings. The summed E-state index contributed by atoms with van der Waals surface area (Å²) >= 11 is 0. The lowest BCUT2D eigenvalue weighted by Crippen LogP contribution is -2.43. The molecule has 3 rings (SSSR count). The Bertz CT molecular complexity index is 597. The number of nitrogens with two attached hydrogens (primary N) is 1. The van der Waals surface area contributed by atoms with Gasteiger partial charge in [0, 0.05) is 31.1 Å². The minimum absolute atomic E-state index is 0.218. The maximum Gasteiger partial charge on any atom is 0.244 e. The highest BCUT2D eigenvalue weighted by molar-refractivity contribution is 5.36. The Labute approximate surface area is 124 Å². The van der Waals surface area contributed by atoms with Crippen molar-refractivity contribution in [2.45, 2.75) is 25.3 Å². The third-order valence-corrected chi connectivity index (χ3v) is 3.81. The molecular weight excluding hydrogens is 266 g/mol. The second kappa shape index (κ2) is 6.13. The number of rotatable bonds is 4. The molecule has 112 valence electrons. The molecule has 6 heteroatoms. The van der Waals surface area contributed by atoms with Crippen LogP contribution in [0.1, 0.15) is 24.2 Å². The molecule has 1 aromatic carbocycles. The summed E-state index contributed by atoms with van der Waals surface area (Å²) in [6.45, 7) is 1.80. The molecule has 2 aromatic rings. The number of methoxy groups -OCH3 is 1. The number of H-pyrrole nitrogens is 1. The van der Waals surface area contributed by atoms with E-state index in [0.717, 1.165) is 49.0 Å². The summed E-state index contributed by atoms with van der Waals surface area (Å²) in [4.78, 5) is 6.74. The van der Waals surface area contributed by atoms with Gasteiger partial charge in [0.05, 0.1) is 7.11 Å². The molecule has 0 aliphatic carbocycles. The topological polar surface area (TPSA) is 80.1 Å². The molecule has 1 aromatic heterocycles. The predicted octanol–water partition coefficient (Wildman–Crippen LogP) is 1.33. The van der Waals surface area contributed by atoms with Crippen LogP contribution in [-0.2, 0) is 6.42 Å². The summed E-state index contributed by atoms with van der Waals surface area (Å²) in [6.07, 6.45) is 2.85. The van der Waals surface area contributed by atoms with Crippen LogP contribution < -0.4 is 15.4 Å². The van der Waals surface area contributed by atoms with Crippen LogP contribution in [0.2, 0.25) is 0 Å². The number of anilines is 1. The summed E-state index contributed by atoms with van der Waals surface area (Å²) in [6, 6.07) is 8.17. The number of hydrogen-bond donors (Lipinski definition) is 2. The first kappa shape index (κ1) is 13.9. The number of aromatic nitrogens is 3. The van der Waals surface area contributed by atoms with Gasteiger partial charge in [-0.3, -0.25) is 5.10 Å². The fourth-order valence-corrected chi connectivity index (χ4v) is 2.73. The lowest BCUT2D eigenvalue weighted by atomic mass is 10.1. The van der Waals surface area contributed by atoms with E-state index in [1.165, 1.54) is 0 Å². The van der Waals surface area contributed by atoms with E-state index >= 15 is 0 Å². The minimum atomic E-state index is 0.218. The van der Waals surface area contributed by atoms with E-state index in [0.29, 0.717) is 6.42 Å². The highest BCUT2D eigenvalue weighted by atomic mass is 16.5. The molecule has 2 heterocycles. The molecule has 21 heavy (non-hydrogen) atoms. The van der Waals surface area contributed by atoms with E-state index in [-0.39, 0.29) is 6.04 Å². The molecule has 1 aliphatic heterocycles. The van der Waals surface area contributed by atoms with Crippen molar-refractivity contribution in [3.05, 3.63) is 35.7 Å². The molecule has 6 nitrogen and oxygen atoms in total. The Morgan fingerprint density at radius 1 is 1.43 bits per heavy atom. The number of benzene rings is 1. The van der Waals surface area contributed by atoms with E-state index < -0.39 is 0 Å². The van der Waals surface area contributed by atoms with Crippen molar-refractivity contribution in [3.8, 4) is 5.75 Å². The van der Waals surface area contributed by atoms with Gasteiger partial charge in [0.15, 0.2) is 0 Å². The lowest BCUT2D eigenvalue weighted by Gasteiger charge is -2.29. The van der Waals surface area contributed by atoms with Gasteiger partial charge in [-0.25, -0.2) is 0 Å². The Balaban J connectivity index is 1.73. The van der Waals surface area contributed by atoms with Gasteiger partial charge in [0.1, 0.15) is 11.6 Å². The van der Waals surface area contributed by atoms with E-state index in [1.807, 2.05) is 24.3 Å². The second-order valence-electron chi connectivity index (χ2n) is 5.42. The standard InChI is InChI=1S/C15H21N5O/c1-21-13-7-3-2-5-11(13)9-14-17-15(19-18-14)20-8-4-6-12(16)10-20/h2-3,5,7,12H,4,6,8-10,16H2,1H3,(H,17,18,19). The highest BCUT2D eigenvalue weighted by Gasteiger charge is 2.20. The van der Waals surface area contributed by atoms with Gasteiger partial charge < -0.3 is 15.4 Å². The number of ether oxygens (including phenoxy) is 1. The number of piperidine rings is 1. The molecule has 1 atom stereocenters. The molecule has 0 saturated carbocycles. The van der Waals surface area contributed by atoms with Crippen molar-refractivity contribution < 1.29 is 4.74 Å². The average molecular weight is 287 g/mol. The summed E-state index contributed by atoms with van der Waals surface area (Å²) in [5.41, 5.74) is 7.10. The van der Waals surface area contributed by atoms with Gasteiger partial charge in [0.2, 0.25) is 5.95 Å². The lowest BCUT2D eigenvalue weighted by molar-refractivity contribution is 0.410. The maximum absolute atomic E-state index is 6.01. The van der Waals surface area contributed by atoms with Crippen LogP contribution in [0.25, 0.3) is 0 Å². The van der Waals surface area contributed by atoms with Gasteiger partial charge in [-0.05, 0) is 18.9 Å². The molecule has 0 radical (unpaired) electrons. The van der Waals surface area contributed by atoms with Crippen molar-refractivity contribution in [1.29, 1.82) is 0 Å². The van der Waals surface area contributed by atoms with Crippen LogP contribution in [0, 0.1) is 0 Å². The van der Waals surface area contributed by atoms with E-state index in [9.17, 15) is 0 Å². The average Bonchev–Trinajstić information content (AvgIpc) is 2.96. The largest absolute Gasteiger partial charge is 0.496 e. The van der Waals surface area contributed by atoms with Gasteiger partial charge in [-0.2, -0.15) is 4.98 Å². The smallest absolute Gasteiger partial charge is 0.244 e. The van der Waals surface area contributed by atoms with Crippen molar-refractivity contribution in [3.63, 3.8) is 0 Å². The first-order valence-corrected chi connectivity index (χ1v) is 7.30. The number of hydrogen-bond acceptors (Lipinski definition) is 5. The highest BCUT2D eigenvalue weighted by Crippen LogP contribution is 2.21. The van der Waals surface area contributed by atoms with Gasteiger partial charge in [-0.1, -0.05) is 18.2 Å². The Hall–Kier alpha value is -2.08. The van der Waals surface area contributed by atoms with Crippen LogP contribution in [0.4, 0.5) is 5.95 Å². The third-order valence-electron chi connectivity index (χ3n) is 3.81. The minimum Gasteiger partial charge on any atom is -0.496 e. The number of nitrogens with zero attached hydrogens (tertiary/aromatic N) is 3. The van der Waals surface area contributed by atoms with Crippen LogP contribution in [0.5, 0.6) is 5.75 Å². The van der Waals surface area contributed by atoms with Crippen molar-refractivity contribution in [1.82, 2.24) is 15.2 Å². The zero-order valence-electron chi connectivity index (χ0n) is 12.2. The van der Waals surface area contributed by atoms with Crippen LogP contribution in [-0.4, -0.2) is 41.4 Å². The van der Waals surface area contributed by atoms with Crippen molar-refractivity contribution in [2.24, 2.45) is 5.73 Å². The zero-order chi connectivity index (χ0) is 14.7. The summed E-state index contributed by atoms with van der Waals surface area (Å²) < 4.78 is 5.37. The predicted molar refractivity (Wildman–Crippen MR) is 81.6 cm³/mol. The number of aromatic amines is 1. The molecule has 0 spiro atoms. The molecule has 0 bridgehead atoms. The first-order chi connectivity index (χ1) is 10.3. The Kier molecular flexibility index (Phi) is 4.06. The number of para-hydroxylation sites is 1. The first-order valence-electron chi connectivity index (χ1n) is 7.30. The Morgan fingerprint density at radius 2 is 2.29 bits per heavy atom. The quantitative estimate of drug-likeness (QED) is 0.887. The van der Waals surface area contributed by atoms with Gasteiger partial charge in [0.25, 0.3) is 0 Å². The fourth-order valence-electron chi connectivity index (χ4n) is 2.73. The molecular formula is C15H21N5O. The fraction of sp³-hybridized carbons (Fsp3) is 0.467. The van der Waals surface area contributed by atoms with E-state index in [1.54, 1.807) is 7.11 Å². The van der Waals surface area contributed by atoms with E-state index in [4.69, 9.17) is 10.5 Å². The normalized spacial score (nSPS) is 18.8. The summed E-state index contributed by atoms with van der Waals surface area (Å²) in [5.74, 6) is 2.46. The molecule has 1 fully saturated rings. The Morgan fingerprint density at radius 3 is 3.10 bits per heavy atom. The molecule has 0 amide bonds. The molecule has 3 N–H and O–H groups in total. The maximum atomic E-state index is 6.01. The van der Waals surface area contributed by atoms with Crippen LogP contribution in [0.3, 0.4) is 0 Å². The SMILES string of the molecule is COc1ccccc1Cc1nc(N2CCCC(N)C2)n[nH]1. The number of nitrogens with one attached hydrogen (secondary N) is 1. The van der Waals surface area contributed by atoms with Gasteiger partial charge in [-0.15, -0.1) is 5.10 Å². The van der Waals surface area contributed by atoms with Gasteiger partial charge >= 0.3 is 0 Å². The second-order valence-corrected chi connectivity index (χ2v) is 5.42. The van der Waals surface area contributed by atoms with Crippen LogP contribution >= 0.6 is 0 Å². The molecule has 1 unspecified atom stereocenters. The summed E-state index contributed by atoms with van der Waals surface area (Å²) in [7, 11) is 1.68. The third kappa shape index (κ3) is 3.16. The molecule has 1 saturated heterocycles. The van der Waals surface area contributed by atoms with E-state index in [2.05, 4.69) is 20.1 Å². The zero-order valence-corrected chi connectivity index (χ0v) is 12.2. The van der Waals surface area contributed by atoms with Crippen molar-refractivity contribution >= 4 is 5.95 Å². The monoisotopic (exact) mass is 287 g/mol. The van der Waals surface area contributed by atoms with Crippen molar-refractivity contribution in [2.75, 3.05) is 25.1 Å².